The topological polar surface area (TPSA) is 64.6 Å². The molecule has 1 N–H and O–H groups in total. The molecule has 1 fully saturated rings. The highest BCUT2D eigenvalue weighted by Crippen LogP contribution is 2.30. The van der Waals surface area contributed by atoms with Gasteiger partial charge in [0.2, 0.25) is 0 Å². The number of esters is 1. The lowest BCUT2D eigenvalue weighted by molar-refractivity contribution is -0.142. The maximum absolute atomic E-state index is 11.4. The molecule has 0 bridgehead atoms. The zero-order chi connectivity index (χ0) is 13.1. The highest BCUT2D eigenvalue weighted by atomic mass is 16.6. The van der Waals surface area contributed by atoms with E-state index in [0.29, 0.717) is 12.3 Å². The van der Waals surface area contributed by atoms with Gasteiger partial charge in [-0.05, 0) is 39.5 Å². The van der Waals surface area contributed by atoms with E-state index in [1.807, 2.05) is 20.8 Å². The van der Waals surface area contributed by atoms with E-state index in [1.165, 1.54) is 7.11 Å². The van der Waals surface area contributed by atoms with Crippen molar-refractivity contribution in [3.63, 3.8) is 0 Å². The van der Waals surface area contributed by atoms with Gasteiger partial charge in [-0.1, -0.05) is 0 Å². The van der Waals surface area contributed by atoms with Gasteiger partial charge in [-0.15, -0.1) is 0 Å². The van der Waals surface area contributed by atoms with E-state index in [9.17, 15) is 9.59 Å². The molecule has 5 nitrogen and oxygen atoms in total. The summed E-state index contributed by atoms with van der Waals surface area (Å²) >= 11 is 0. The SMILES string of the molecule is COC(=O)CC1CC(NC(=O)OC(C)(C)C)C1. The van der Waals surface area contributed by atoms with Gasteiger partial charge < -0.3 is 14.8 Å². The van der Waals surface area contributed by atoms with Crippen molar-refractivity contribution in [2.75, 3.05) is 7.11 Å². The second kappa shape index (κ2) is 5.38. The monoisotopic (exact) mass is 243 g/mol. The number of carbonyl (C=O) groups excluding carboxylic acids is 2. The van der Waals surface area contributed by atoms with Crippen LogP contribution < -0.4 is 5.32 Å². The molecule has 0 radical (unpaired) electrons. The van der Waals surface area contributed by atoms with Crippen LogP contribution in [0.5, 0.6) is 0 Å². The molecule has 0 aliphatic heterocycles. The Hall–Kier alpha value is -1.26. The lowest BCUT2D eigenvalue weighted by atomic mass is 9.78. The largest absolute Gasteiger partial charge is 0.469 e. The average Bonchev–Trinajstić information content (AvgIpc) is 2.11. The van der Waals surface area contributed by atoms with Crippen molar-refractivity contribution in [2.24, 2.45) is 5.92 Å². The molecule has 0 unspecified atom stereocenters. The summed E-state index contributed by atoms with van der Waals surface area (Å²) in [6, 6.07) is 0.125. The molecule has 1 rings (SSSR count). The highest BCUT2D eigenvalue weighted by molar-refractivity contribution is 5.70. The van der Waals surface area contributed by atoms with Crippen molar-refractivity contribution < 1.29 is 19.1 Å². The van der Waals surface area contributed by atoms with Gasteiger partial charge >= 0.3 is 12.1 Å². The predicted molar refractivity (Wildman–Crippen MR) is 62.5 cm³/mol. The standard InChI is InChI=1S/C12H21NO4/c1-12(2,3)17-11(15)13-9-5-8(6-9)7-10(14)16-4/h8-9H,5-7H2,1-4H3,(H,13,15). The molecular formula is C12H21NO4. The second-order valence-electron chi connectivity index (χ2n) is 5.46. The van der Waals surface area contributed by atoms with Gasteiger partial charge in [0.1, 0.15) is 5.60 Å². The number of hydrogen-bond acceptors (Lipinski definition) is 4. The maximum Gasteiger partial charge on any atom is 0.407 e. The Balaban J connectivity index is 2.17. The smallest absolute Gasteiger partial charge is 0.407 e. The van der Waals surface area contributed by atoms with Crippen LogP contribution >= 0.6 is 0 Å². The van der Waals surface area contributed by atoms with Gasteiger partial charge in [-0.25, -0.2) is 4.79 Å². The van der Waals surface area contributed by atoms with Crippen LogP contribution in [0.15, 0.2) is 0 Å². The minimum absolute atomic E-state index is 0.125. The van der Waals surface area contributed by atoms with Crippen molar-refractivity contribution in [3.8, 4) is 0 Å². The third-order valence-electron chi connectivity index (χ3n) is 2.64. The zero-order valence-electron chi connectivity index (χ0n) is 10.9. The van der Waals surface area contributed by atoms with Crippen LogP contribution in [0.3, 0.4) is 0 Å². The summed E-state index contributed by atoms with van der Waals surface area (Å²) in [5, 5.41) is 2.78. The molecule has 1 saturated carbocycles. The molecule has 17 heavy (non-hydrogen) atoms. The van der Waals surface area contributed by atoms with Crippen molar-refractivity contribution >= 4 is 12.1 Å². The molecular weight excluding hydrogens is 222 g/mol. The van der Waals surface area contributed by atoms with Gasteiger partial charge in [0.05, 0.1) is 7.11 Å². The van der Waals surface area contributed by atoms with Crippen LogP contribution in [0.4, 0.5) is 4.79 Å². The summed E-state index contributed by atoms with van der Waals surface area (Å²) in [7, 11) is 1.39. The molecule has 0 atom stereocenters. The van der Waals surface area contributed by atoms with Crippen LogP contribution in [-0.4, -0.2) is 30.8 Å². The molecule has 0 aromatic rings. The molecule has 5 heteroatoms. The van der Waals surface area contributed by atoms with Crippen molar-refractivity contribution in [1.82, 2.24) is 5.32 Å². The fourth-order valence-electron chi connectivity index (χ4n) is 1.81. The number of amides is 1. The number of rotatable bonds is 3. The molecule has 0 heterocycles. The first kappa shape index (κ1) is 13.8. The number of methoxy groups -OCH3 is 1. The first-order chi connectivity index (χ1) is 7.80. The number of hydrogen-bond donors (Lipinski definition) is 1. The molecule has 1 aliphatic carbocycles. The van der Waals surface area contributed by atoms with E-state index in [4.69, 9.17) is 4.74 Å². The van der Waals surface area contributed by atoms with Crippen LogP contribution in [0.2, 0.25) is 0 Å². The summed E-state index contributed by atoms with van der Waals surface area (Å²) < 4.78 is 9.73. The van der Waals surface area contributed by atoms with E-state index < -0.39 is 5.60 Å². The Morgan fingerprint density at radius 3 is 2.35 bits per heavy atom. The summed E-state index contributed by atoms with van der Waals surface area (Å²) in [5.74, 6) is 0.133. The second-order valence-corrected chi connectivity index (χ2v) is 5.46. The Labute approximate surface area is 102 Å². The maximum atomic E-state index is 11.4. The van der Waals surface area contributed by atoms with E-state index in [1.54, 1.807) is 0 Å². The van der Waals surface area contributed by atoms with Gasteiger partial charge in [0, 0.05) is 12.5 Å². The molecule has 0 aromatic carbocycles. The molecule has 0 spiro atoms. The third-order valence-corrected chi connectivity index (χ3v) is 2.64. The first-order valence-electron chi connectivity index (χ1n) is 5.86. The molecule has 1 amide bonds. The molecule has 98 valence electrons. The summed E-state index contributed by atoms with van der Waals surface area (Å²) in [6.07, 6.45) is 1.67. The van der Waals surface area contributed by atoms with Crippen molar-refractivity contribution in [3.05, 3.63) is 0 Å². The van der Waals surface area contributed by atoms with Crippen LogP contribution in [0.1, 0.15) is 40.0 Å². The van der Waals surface area contributed by atoms with Crippen molar-refractivity contribution in [2.45, 2.75) is 51.7 Å². The lowest BCUT2D eigenvalue weighted by Gasteiger charge is -2.35. The summed E-state index contributed by atoms with van der Waals surface area (Å²) in [5.41, 5.74) is -0.473. The van der Waals surface area contributed by atoms with Crippen molar-refractivity contribution in [1.29, 1.82) is 0 Å². The number of carbonyl (C=O) groups is 2. The Morgan fingerprint density at radius 1 is 1.29 bits per heavy atom. The minimum Gasteiger partial charge on any atom is -0.469 e. The van der Waals surface area contributed by atoms with Gasteiger partial charge in [0.15, 0.2) is 0 Å². The first-order valence-corrected chi connectivity index (χ1v) is 5.86. The van der Waals surface area contributed by atoms with E-state index in [0.717, 1.165) is 12.8 Å². The molecule has 0 aromatic heterocycles. The van der Waals surface area contributed by atoms with Gasteiger partial charge in [-0.2, -0.15) is 0 Å². The zero-order valence-corrected chi connectivity index (χ0v) is 10.9. The minimum atomic E-state index is -0.473. The highest BCUT2D eigenvalue weighted by Gasteiger charge is 2.33. The number of nitrogens with one attached hydrogen (secondary N) is 1. The van der Waals surface area contributed by atoms with Crippen LogP contribution in [-0.2, 0) is 14.3 Å². The summed E-state index contributed by atoms with van der Waals surface area (Å²) in [4.78, 5) is 22.4. The Bertz CT molecular complexity index is 289. The third kappa shape index (κ3) is 5.06. The van der Waals surface area contributed by atoms with E-state index in [-0.39, 0.29) is 18.1 Å². The Kier molecular flexibility index (Phi) is 4.37. The van der Waals surface area contributed by atoms with Crippen LogP contribution in [0, 0.1) is 5.92 Å². The Morgan fingerprint density at radius 2 is 1.88 bits per heavy atom. The summed E-state index contributed by atoms with van der Waals surface area (Å²) in [6.45, 7) is 5.48. The normalized spacial score (nSPS) is 23.5. The van der Waals surface area contributed by atoms with Gasteiger partial charge in [-0.3, -0.25) is 4.79 Å². The number of ether oxygens (including phenoxy) is 2. The van der Waals surface area contributed by atoms with Gasteiger partial charge in [0.25, 0.3) is 0 Å². The van der Waals surface area contributed by atoms with Crippen LogP contribution in [0.25, 0.3) is 0 Å². The molecule has 0 saturated heterocycles. The lowest BCUT2D eigenvalue weighted by Crippen LogP contribution is -2.46. The average molecular weight is 243 g/mol. The van der Waals surface area contributed by atoms with E-state index >= 15 is 0 Å². The number of alkyl carbamates (subject to hydrolysis) is 1. The predicted octanol–water partition coefficient (Wildman–Crippen LogP) is 1.85. The van der Waals surface area contributed by atoms with E-state index in [2.05, 4.69) is 10.1 Å². The molecule has 1 aliphatic rings. The fraction of sp³-hybridized carbons (Fsp3) is 0.833. The fourth-order valence-corrected chi connectivity index (χ4v) is 1.81. The quantitative estimate of drug-likeness (QED) is 0.768.